The van der Waals surface area contributed by atoms with Crippen molar-refractivity contribution in [1.29, 1.82) is 0 Å². The van der Waals surface area contributed by atoms with Gasteiger partial charge >= 0.3 is 0 Å². The average molecular weight is 273 g/mol. The molecule has 0 amide bonds. The first-order valence-electron chi connectivity index (χ1n) is 4.50. The van der Waals surface area contributed by atoms with Crippen LogP contribution in [0.4, 0.5) is 0 Å². The van der Waals surface area contributed by atoms with Crippen LogP contribution in [0.1, 0.15) is 25.3 Å². The first-order chi connectivity index (χ1) is 6.52. The van der Waals surface area contributed by atoms with Gasteiger partial charge in [-0.3, -0.25) is 4.79 Å². The van der Waals surface area contributed by atoms with E-state index >= 15 is 0 Å². The maximum Gasteiger partial charge on any atom is 0.193 e. The number of halogens is 1. The Morgan fingerprint density at radius 3 is 2.14 bits per heavy atom. The summed E-state index contributed by atoms with van der Waals surface area (Å²) in [6.07, 6.45) is 0. The van der Waals surface area contributed by atoms with E-state index in [2.05, 4.69) is 28.6 Å². The Hall–Kier alpha value is -0.280. The molecular weight excluding hydrogens is 260 g/mol. The van der Waals surface area contributed by atoms with Crippen LogP contribution in [0.25, 0.3) is 0 Å². The predicted octanol–water partition coefficient (Wildman–Crippen LogP) is 3.65. The van der Waals surface area contributed by atoms with Crippen molar-refractivity contribution in [1.82, 2.24) is 0 Å². The van der Waals surface area contributed by atoms with Crippen molar-refractivity contribution in [3.63, 3.8) is 0 Å². The second kappa shape index (κ2) is 4.99. The van der Waals surface area contributed by atoms with Crippen LogP contribution in [0.3, 0.4) is 0 Å². The van der Waals surface area contributed by atoms with Crippen molar-refractivity contribution >= 4 is 33.7 Å². The minimum Gasteiger partial charge on any atom is -0.287 e. The van der Waals surface area contributed by atoms with Gasteiger partial charge in [0, 0.05) is 4.47 Å². The summed E-state index contributed by atoms with van der Waals surface area (Å²) in [6, 6.07) is 7.81. The molecule has 0 saturated carbocycles. The molecule has 0 saturated heterocycles. The monoisotopic (exact) mass is 272 g/mol. The quantitative estimate of drug-likeness (QED) is 0.832. The highest BCUT2D eigenvalue weighted by atomic mass is 79.9. The Morgan fingerprint density at radius 1 is 1.29 bits per heavy atom. The Morgan fingerprint density at radius 2 is 1.79 bits per heavy atom. The summed E-state index contributed by atoms with van der Waals surface area (Å²) < 4.78 is 1.02. The number of carbonyl (C=O) groups is 1. The van der Waals surface area contributed by atoms with Gasteiger partial charge < -0.3 is 0 Å². The van der Waals surface area contributed by atoms with E-state index < -0.39 is 0 Å². The van der Waals surface area contributed by atoms with Gasteiger partial charge in [0.1, 0.15) is 0 Å². The zero-order chi connectivity index (χ0) is 10.7. The summed E-state index contributed by atoms with van der Waals surface area (Å²) in [5.41, 5.74) is 1.03. The lowest BCUT2D eigenvalue weighted by Gasteiger charge is -2.17. The van der Waals surface area contributed by atoms with Crippen LogP contribution in [0.15, 0.2) is 28.7 Å². The van der Waals surface area contributed by atoms with Crippen LogP contribution < -0.4 is 0 Å². The number of hydrogen-bond donors (Lipinski definition) is 1. The van der Waals surface area contributed by atoms with E-state index in [9.17, 15) is 4.79 Å². The fraction of sp³-hybridized carbons (Fsp3) is 0.364. The topological polar surface area (TPSA) is 17.1 Å². The van der Waals surface area contributed by atoms with Gasteiger partial charge in [-0.1, -0.05) is 41.9 Å². The fourth-order valence-corrected chi connectivity index (χ4v) is 2.19. The summed E-state index contributed by atoms with van der Waals surface area (Å²) in [5.74, 6) is 0.174. The molecular formula is C11H13BrOS. The molecule has 0 fully saturated rings. The summed E-state index contributed by atoms with van der Waals surface area (Å²) >= 11 is 7.28. The molecule has 0 heterocycles. The lowest BCUT2D eigenvalue weighted by atomic mass is 9.90. The van der Waals surface area contributed by atoms with Crippen molar-refractivity contribution in [2.45, 2.75) is 19.8 Å². The van der Waals surface area contributed by atoms with E-state index in [1.54, 1.807) is 0 Å². The van der Waals surface area contributed by atoms with E-state index in [1.807, 2.05) is 38.1 Å². The minimum absolute atomic E-state index is 0.0673. The van der Waals surface area contributed by atoms with Gasteiger partial charge in [0.05, 0.1) is 5.92 Å². The fourth-order valence-electron chi connectivity index (χ4n) is 1.48. The third-order valence-electron chi connectivity index (χ3n) is 2.16. The van der Waals surface area contributed by atoms with Gasteiger partial charge in [0.15, 0.2) is 5.12 Å². The van der Waals surface area contributed by atoms with Crippen LogP contribution >= 0.6 is 28.6 Å². The molecule has 1 rings (SSSR count). The van der Waals surface area contributed by atoms with Crippen molar-refractivity contribution in [2.75, 3.05) is 0 Å². The summed E-state index contributed by atoms with van der Waals surface area (Å²) in [7, 11) is 0. The Labute approximate surface area is 98.4 Å². The molecule has 1 unspecified atom stereocenters. The molecule has 0 aromatic heterocycles. The standard InChI is InChI=1S/C11H13BrOS/c1-7(2)10(11(13)14)8-3-5-9(12)6-4-8/h3-7,10H,1-2H3,(H,13,14). The number of benzene rings is 1. The number of carbonyl (C=O) groups excluding carboxylic acids is 1. The third kappa shape index (κ3) is 2.85. The first kappa shape index (κ1) is 11.8. The highest BCUT2D eigenvalue weighted by molar-refractivity contribution is 9.10. The largest absolute Gasteiger partial charge is 0.287 e. The van der Waals surface area contributed by atoms with E-state index in [-0.39, 0.29) is 17.0 Å². The molecule has 1 atom stereocenters. The maximum absolute atomic E-state index is 11.3. The van der Waals surface area contributed by atoms with E-state index in [1.165, 1.54) is 0 Å². The molecule has 14 heavy (non-hydrogen) atoms. The van der Waals surface area contributed by atoms with Crippen LogP contribution in [0, 0.1) is 5.92 Å². The molecule has 0 aliphatic rings. The van der Waals surface area contributed by atoms with Crippen molar-refractivity contribution in [3.05, 3.63) is 34.3 Å². The van der Waals surface area contributed by atoms with Gasteiger partial charge in [-0.15, -0.1) is 12.6 Å². The number of hydrogen-bond acceptors (Lipinski definition) is 1. The molecule has 0 aliphatic heterocycles. The van der Waals surface area contributed by atoms with Crippen LogP contribution in [-0.4, -0.2) is 5.12 Å². The molecule has 0 N–H and O–H groups in total. The van der Waals surface area contributed by atoms with Crippen molar-refractivity contribution < 1.29 is 4.79 Å². The van der Waals surface area contributed by atoms with Crippen LogP contribution in [-0.2, 0) is 4.79 Å². The molecule has 1 aromatic carbocycles. The predicted molar refractivity (Wildman–Crippen MR) is 65.7 cm³/mol. The zero-order valence-corrected chi connectivity index (χ0v) is 10.7. The Balaban J connectivity index is 3.00. The maximum atomic E-state index is 11.3. The smallest absolute Gasteiger partial charge is 0.193 e. The molecule has 1 aromatic rings. The summed E-state index contributed by atoms with van der Waals surface area (Å²) in [4.78, 5) is 11.3. The highest BCUT2D eigenvalue weighted by Gasteiger charge is 2.20. The van der Waals surface area contributed by atoms with Crippen molar-refractivity contribution in [3.8, 4) is 0 Å². The lowest BCUT2D eigenvalue weighted by Crippen LogP contribution is -2.13. The first-order valence-corrected chi connectivity index (χ1v) is 5.74. The Bertz CT molecular complexity index is 319. The highest BCUT2D eigenvalue weighted by Crippen LogP contribution is 2.27. The molecule has 0 aliphatic carbocycles. The molecule has 0 bridgehead atoms. The lowest BCUT2D eigenvalue weighted by molar-refractivity contribution is -0.112. The molecule has 0 spiro atoms. The zero-order valence-electron chi connectivity index (χ0n) is 8.20. The van der Waals surface area contributed by atoms with Gasteiger partial charge in [0.2, 0.25) is 0 Å². The molecule has 76 valence electrons. The van der Waals surface area contributed by atoms with E-state index in [0.29, 0.717) is 0 Å². The molecule has 0 radical (unpaired) electrons. The van der Waals surface area contributed by atoms with E-state index in [0.717, 1.165) is 10.0 Å². The second-order valence-corrected chi connectivity index (χ2v) is 4.97. The Kier molecular flexibility index (Phi) is 4.20. The summed E-state index contributed by atoms with van der Waals surface area (Å²) in [6.45, 7) is 4.06. The molecule has 1 nitrogen and oxygen atoms in total. The van der Waals surface area contributed by atoms with Gasteiger partial charge in [-0.25, -0.2) is 0 Å². The third-order valence-corrected chi connectivity index (χ3v) is 2.97. The molecule has 3 heteroatoms. The van der Waals surface area contributed by atoms with E-state index in [4.69, 9.17) is 0 Å². The number of rotatable bonds is 3. The number of thiol groups is 1. The average Bonchev–Trinajstić information content (AvgIpc) is 2.07. The van der Waals surface area contributed by atoms with Crippen LogP contribution in [0.2, 0.25) is 0 Å². The normalized spacial score (nSPS) is 12.9. The van der Waals surface area contributed by atoms with Gasteiger partial charge in [-0.05, 0) is 23.6 Å². The second-order valence-electron chi connectivity index (χ2n) is 3.61. The van der Waals surface area contributed by atoms with Crippen LogP contribution in [0.5, 0.6) is 0 Å². The minimum atomic E-state index is -0.105. The SMILES string of the molecule is CC(C)C(C(=O)S)c1ccc(Br)cc1. The van der Waals surface area contributed by atoms with Gasteiger partial charge in [-0.2, -0.15) is 0 Å². The van der Waals surface area contributed by atoms with Crippen molar-refractivity contribution in [2.24, 2.45) is 5.92 Å². The van der Waals surface area contributed by atoms with Gasteiger partial charge in [0.25, 0.3) is 0 Å². The summed E-state index contributed by atoms with van der Waals surface area (Å²) in [5, 5.41) is -0.0673.